The Morgan fingerprint density at radius 3 is 1.25 bits per heavy atom. The Labute approximate surface area is 77.0 Å². The van der Waals surface area contributed by atoms with Crippen molar-refractivity contribution < 1.29 is 37.3 Å². The zero-order chi connectivity index (χ0) is 0. The van der Waals surface area contributed by atoms with E-state index >= 15 is 0 Å². The zero-order valence-electron chi connectivity index (χ0n) is 3.47. The van der Waals surface area contributed by atoms with Crippen LogP contribution in [0.25, 0.3) is 0 Å². The van der Waals surface area contributed by atoms with Gasteiger partial charge < -0.3 is 2.85 Å². The van der Waals surface area contributed by atoms with Gasteiger partial charge in [-0.15, -0.1) is 0 Å². The molecule has 0 aromatic carbocycles. The Hall–Kier alpha value is 2.35. The summed E-state index contributed by atoms with van der Waals surface area (Å²) in [5.74, 6) is 0. The predicted octanol–water partition coefficient (Wildman–Crippen LogP) is -1.34. The smallest absolute Gasteiger partial charge is 1.00 e. The second kappa shape index (κ2) is 18.3. The molecule has 0 fully saturated rings. The van der Waals surface area contributed by atoms with E-state index in [0.29, 0.717) is 0 Å². The van der Waals surface area contributed by atoms with Crippen molar-refractivity contribution in [3.63, 3.8) is 0 Å². The molecule has 0 radical (unpaired) electrons. The molecule has 0 saturated heterocycles. The van der Waals surface area contributed by atoms with Crippen LogP contribution in [0.4, 0.5) is 0 Å². The molecule has 0 atom stereocenters. The van der Waals surface area contributed by atoms with E-state index in [1.54, 1.807) is 0 Å². The third-order valence-electron chi connectivity index (χ3n) is 0. The summed E-state index contributed by atoms with van der Waals surface area (Å²) in [5.41, 5.74) is 0. The molecule has 0 aliphatic carbocycles. The molecule has 0 aliphatic rings. The topological polar surface area (TPSA) is 0 Å². The molecule has 0 aromatic rings. The first kappa shape index (κ1) is 32.9. The van der Waals surface area contributed by atoms with E-state index in [4.69, 9.17) is 0 Å². The number of hydrogen-bond donors (Lipinski definition) is 0. The average molecular weight is 164 g/mol. The average Bonchev–Trinajstić information content (AvgIpc) is 0. The molecule has 4 heteroatoms. The van der Waals surface area contributed by atoms with E-state index in [1.807, 2.05) is 0 Å². The van der Waals surface area contributed by atoms with E-state index < -0.39 is 0 Å². The SMILES string of the molecule is [AlH3].[Cr].[Fe].[H-].[H-].[Mg+2]. The van der Waals surface area contributed by atoms with Crippen LogP contribution in [0, 0.1) is 0 Å². The predicted molar refractivity (Wildman–Crippen MR) is 17.9 cm³/mol. The van der Waals surface area contributed by atoms with Crippen LogP contribution in [0.15, 0.2) is 0 Å². The van der Waals surface area contributed by atoms with Crippen molar-refractivity contribution in [1.82, 2.24) is 0 Å². The molecule has 0 rings (SSSR count). The molecule has 0 N–H and O–H groups in total. The first-order valence-electron chi connectivity index (χ1n) is 0. The molecule has 24 valence electrons. The van der Waals surface area contributed by atoms with Crippen molar-refractivity contribution in [2.24, 2.45) is 0 Å². The molecule has 0 amide bonds. The van der Waals surface area contributed by atoms with Crippen LogP contribution in [0.3, 0.4) is 0 Å². The van der Waals surface area contributed by atoms with Gasteiger partial charge in [-0.3, -0.25) is 0 Å². The van der Waals surface area contributed by atoms with Crippen LogP contribution in [0.2, 0.25) is 0 Å². The molecule has 0 aliphatic heterocycles. The van der Waals surface area contributed by atoms with Gasteiger partial charge in [-0.1, -0.05) is 0 Å². The quantitative estimate of drug-likeness (QED) is 0.389. The first-order chi connectivity index (χ1) is 0. The Morgan fingerprint density at radius 2 is 1.25 bits per heavy atom. The molecule has 0 nitrogen and oxygen atoms in total. The minimum Gasteiger partial charge on any atom is -1.00 e. The third-order valence-corrected chi connectivity index (χ3v) is 0. The molecule has 0 aromatic heterocycles. The van der Waals surface area contributed by atoms with E-state index in [1.165, 1.54) is 0 Å². The molecule has 0 heterocycles. The summed E-state index contributed by atoms with van der Waals surface area (Å²) in [6.45, 7) is 0. The summed E-state index contributed by atoms with van der Waals surface area (Å²) in [4.78, 5) is 0. The fraction of sp³-hybridized carbons (Fsp3) is 0. The van der Waals surface area contributed by atoms with Crippen LogP contribution in [-0.2, 0) is 34.4 Å². The van der Waals surface area contributed by atoms with Gasteiger partial charge in [0.05, 0.1) is 0 Å². The van der Waals surface area contributed by atoms with Crippen molar-refractivity contribution >= 4 is 40.4 Å². The van der Waals surface area contributed by atoms with Gasteiger partial charge in [-0.2, -0.15) is 0 Å². The van der Waals surface area contributed by atoms with E-state index in [9.17, 15) is 0 Å². The van der Waals surface area contributed by atoms with Gasteiger partial charge in [-0.25, -0.2) is 0 Å². The van der Waals surface area contributed by atoms with Crippen molar-refractivity contribution in [2.45, 2.75) is 0 Å². The van der Waals surface area contributed by atoms with E-state index in [0.717, 1.165) is 0 Å². The van der Waals surface area contributed by atoms with Crippen molar-refractivity contribution in [2.75, 3.05) is 0 Å². The summed E-state index contributed by atoms with van der Waals surface area (Å²) >= 11 is 0. The molecular weight excluding hydrogens is 159 g/mol. The van der Waals surface area contributed by atoms with Crippen LogP contribution in [0.5, 0.6) is 0 Å². The van der Waals surface area contributed by atoms with Crippen LogP contribution in [-0.4, -0.2) is 40.4 Å². The first-order valence-corrected chi connectivity index (χ1v) is 0. The summed E-state index contributed by atoms with van der Waals surface area (Å²) in [5, 5.41) is 0. The third kappa shape index (κ3) is 8.84. The van der Waals surface area contributed by atoms with Crippen molar-refractivity contribution in [1.29, 1.82) is 0 Å². The van der Waals surface area contributed by atoms with Gasteiger partial charge in [0.2, 0.25) is 0 Å². The monoisotopic (exact) mass is 164 g/mol. The normalized spacial score (nSPS) is 0. The maximum absolute atomic E-state index is 0. The fourth-order valence-electron chi connectivity index (χ4n) is 0. The Balaban J connectivity index is 0. The van der Waals surface area contributed by atoms with Crippen LogP contribution < -0.4 is 0 Å². The van der Waals surface area contributed by atoms with Crippen molar-refractivity contribution in [3.05, 3.63) is 0 Å². The second-order valence-electron chi connectivity index (χ2n) is 0. The molecule has 4 heavy (non-hydrogen) atoms. The second-order valence-corrected chi connectivity index (χ2v) is 0. The largest absolute Gasteiger partial charge is 2.00 e. The minimum absolute atomic E-state index is 0. The molecule has 0 saturated carbocycles. The molecule has 0 spiro atoms. The summed E-state index contributed by atoms with van der Waals surface area (Å²) in [6.07, 6.45) is 0. The molecular formula is H5AlCrFeMg. The summed E-state index contributed by atoms with van der Waals surface area (Å²) < 4.78 is 0. The van der Waals surface area contributed by atoms with Gasteiger partial charge in [0.1, 0.15) is 0 Å². The Bertz CT molecular complexity index is 13.5. The van der Waals surface area contributed by atoms with Crippen LogP contribution >= 0.6 is 0 Å². The summed E-state index contributed by atoms with van der Waals surface area (Å²) in [6, 6.07) is 0. The fourth-order valence-corrected chi connectivity index (χ4v) is 0. The molecule has 0 unspecified atom stereocenters. The van der Waals surface area contributed by atoms with Gasteiger partial charge >= 0.3 is 23.1 Å². The van der Waals surface area contributed by atoms with Crippen LogP contribution in [0.1, 0.15) is 2.85 Å². The number of rotatable bonds is 0. The van der Waals surface area contributed by atoms with Crippen molar-refractivity contribution in [3.8, 4) is 0 Å². The van der Waals surface area contributed by atoms with E-state index in [2.05, 4.69) is 0 Å². The Morgan fingerprint density at radius 1 is 1.25 bits per heavy atom. The minimum atomic E-state index is 0. The summed E-state index contributed by atoms with van der Waals surface area (Å²) in [7, 11) is 0. The van der Waals surface area contributed by atoms with Gasteiger partial charge in [0, 0.05) is 34.4 Å². The van der Waals surface area contributed by atoms with Gasteiger partial charge in [0.15, 0.2) is 17.4 Å². The Kier molecular flexibility index (Phi) is 151. The molecule has 0 bridgehead atoms. The van der Waals surface area contributed by atoms with E-state index in [-0.39, 0.29) is 77.7 Å². The van der Waals surface area contributed by atoms with Gasteiger partial charge in [-0.05, 0) is 0 Å². The maximum atomic E-state index is 0. The standard InChI is InChI=1S/Al.Cr.Fe.Mg.5H/q;;;+2;;;;2*-1. The van der Waals surface area contributed by atoms with Gasteiger partial charge in [0.25, 0.3) is 0 Å². The number of hydrogen-bond acceptors (Lipinski definition) is 0. The zero-order valence-corrected chi connectivity index (χ0v) is 5.26. The maximum Gasteiger partial charge on any atom is 2.00 e.